The van der Waals surface area contributed by atoms with E-state index in [4.69, 9.17) is 27.9 Å². The molecule has 1 aromatic heterocycles. The zero-order valence-electron chi connectivity index (χ0n) is 18.9. The predicted molar refractivity (Wildman–Crippen MR) is 136 cm³/mol. The van der Waals surface area contributed by atoms with Crippen LogP contribution in [0.3, 0.4) is 0 Å². The van der Waals surface area contributed by atoms with Gasteiger partial charge >= 0.3 is 0 Å². The molecule has 0 saturated heterocycles. The molecule has 1 heterocycles. The summed E-state index contributed by atoms with van der Waals surface area (Å²) in [4.78, 5) is 26.2. The molecule has 0 radical (unpaired) electrons. The van der Waals surface area contributed by atoms with Gasteiger partial charge in [-0.2, -0.15) is 0 Å². The maximum absolute atomic E-state index is 13.4. The summed E-state index contributed by atoms with van der Waals surface area (Å²) in [5.74, 6) is 0.365. The van der Waals surface area contributed by atoms with Gasteiger partial charge in [0.05, 0.1) is 19.0 Å². The largest absolute Gasteiger partial charge is 0.497 e. The number of rotatable bonds is 7. The van der Waals surface area contributed by atoms with E-state index in [-0.39, 0.29) is 18.2 Å². The molecule has 1 amide bonds. The topological polar surface area (TPSA) is 60.3 Å². The summed E-state index contributed by atoms with van der Waals surface area (Å²) in [6.07, 6.45) is 0.851. The van der Waals surface area contributed by atoms with Gasteiger partial charge in [-0.05, 0) is 79.1 Å². The van der Waals surface area contributed by atoms with Gasteiger partial charge in [0.2, 0.25) is 5.91 Å². The Morgan fingerprint density at radius 1 is 0.941 bits per heavy atom. The van der Waals surface area contributed by atoms with Crippen LogP contribution in [0.2, 0.25) is 10.0 Å². The van der Waals surface area contributed by atoms with Crippen LogP contribution >= 0.6 is 23.2 Å². The number of nitrogens with zero attached hydrogens (tertiary/aromatic N) is 1. The fraction of sp³-hybridized carbons (Fsp3) is 0.185. The van der Waals surface area contributed by atoms with E-state index in [1.807, 2.05) is 49.4 Å². The molecule has 5 nitrogen and oxygen atoms in total. The number of carbonyl (C=O) groups excluding carboxylic acids is 2. The summed E-state index contributed by atoms with van der Waals surface area (Å²) in [6.45, 7) is 2.36. The molecule has 34 heavy (non-hydrogen) atoms. The summed E-state index contributed by atoms with van der Waals surface area (Å²) >= 11 is 11.9. The van der Waals surface area contributed by atoms with Crippen molar-refractivity contribution >= 4 is 45.9 Å². The minimum Gasteiger partial charge on any atom is -0.497 e. The van der Waals surface area contributed by atoms with Crippen molar-refractivity contribution in [3.8, 4) is 5.75 Å². The van der Waals surface area contributed by atoms with E-state index >= 15 is 0 Å². The molecule has 7 heteroatoms. The van der Waals surface area contributed by atoms with Crippen LogP contribution in [0.15, 0.2) is 66.7 Å². The lowest BCUT2D eigenvalue weighted by Gasteiger charge is -2.08. The Morgan fingerprint density at radius 3 is 2.24 bits per heavy atom. The van der Waals surface area contributed by atoms with Crippen LogP contribution in [0, 0.1) is 6.92 Å². The Hall–Kier alpha value is -3.28. The second-order valence-corrected chi connectivity index (χ2v) is 8.87. The van der Waals surface area contributed by atoms with Crippen molar-refractivity contribution in [2.45, 2.75) is 19.8 Å². The van der Waals surface area contributed by atoms with Crippen molar-refractivity contribution in [2.75, 3.05) is 13.7 Å². The molecule has 4 aromatic rings. The first kappa shape index (κ1) is 23.9. The summed E-state index contributed by atoms with van der Waals surface area (Å²) in [7, 11) is 1.59. The van der Waals surface area contributed by atoms with E-state index in [2.05, 4.69) is 5.32 Å². The molecule has 1 N–H and O–H groups in total. The number of aromatic nitrogens is 1. The maximum atomic E-state index is 13.4. The van der Waals surface area contributed by atoms with Crippen molar-refractivity contribution in [1.29, 1.82) is 0 Å². The van der Waals surface area contributed by atoms with E-state index in [0.29, 0.717) is 34.3 Å². The average Bonchev–Trinajstić information content (AvgIpc) is 3.10. The maximum Gasteiger partial charge on any atom is 0.262 e. The summed E-state index contributed by atoms with van der Waals surface area (Å²) in [6, 6.07) is 19.9. The minimum absolute atomic E-state index is 0.113. The van der Waals surface area contributed by atoms with Crippen molar-refractivity contribution in [2.24, 2.45) is 0 Å². The third kappa shape index (κ3) is 5.11. The van der Waals surface area contributed by atoms with E-state index < -0.39 is 0 Å². The number of nitrogens with one attached hydrogen (secondary N) is 1. The zero-order chi connectivity index (χ0) is 24.2. The van der Waals surface area contributed by atoms with Crippen LogP contribution in [-0.4, -0.2) is 30.0 Å². The number of ether oxygens (including phenoxy) is 1. The molecule has 0 atom stereocenters. The molecule has 0 aliphatic carbocycles. The van der Waals surface area contributed by atoms with Crippen LogP contribution < -0.4 is 10.1 Å². The zero-order valence-corrected chi connectivity index (χ0v) is 20.4. The van der Waals surface area contributed by atoms with Gasteiger partial charge in [-0.25, -0.2) is 0 Å². The smallest absolute Gasteiger partial charge is 0.262 e. The second-order valence-electron chi connectivity index (χ2n) is 8.00. The Morgan fingerprint density at radius 2 is 1.59 bits per heavy atom. The number of methoxy groups -OCH3 is 1. The van der Waals surface area contributed by atoms with Crippen LogP contribution in [0.4, 0.5) is 0 Å². The summed E-state index contributed by atoms with van der Waals surface area (Å²) in [5, 5.41) is 5.04. The first-order chi connectivity index (χ1) is 16.4. The molecule has 0 aliphatic rings. The molecule has 0 bridgehead atoms. The fourth-order valence-electron chi connectivity index (χ4n) is 4.02. The number of hydrogen-bond donors (Lipinski definition) is 1. The predicted octanol–water partition coefficient (Wildman–Crippen LogP) is 5.86. The van der Waals surface area contributed by atoms with Crippen molar-refractivity contribution < 1.29 is 14.3 Å². The van der Waals surface area contributed by atoms with Crippen LogP contribution in [0.1, 0.15) is 27.2 Å². The van der Waals surface area contributed by atoms with Gasteiger partial charge in [0, 0.05) is 33.2 Å². The third-order valence-corrected chi connectivity index (χ3v) is 6.33. The standard InChI is InChI=1S/C27H24Cl2N2O3/c1-17-23(16-26(32)30-14-13-18-3-7-20(28)8-4-18)24-15-22(34-2)11-12-25(24)31(17)27(33)19-5-9-21(29)10-6-19/h3-12,15H,13-14,16H2,1-2H3,(H,30,32). The molecule has 0 unspecified atom stereocenters. The Kier molecular flexibility index (Phi) is 7.25. The van der Waals surface area contributed by atoms with E-state index in [1.54, 1.807) is 35.9 Å². The van der Waals surface area contributed by atoms with Crippen LogP contribution in [0.25, 0.3) is 10.9 Å². The van der Waals surface area contributed by atoms with Crippen molar-refractivity contribution in [3.05, 3.63) is 99.2 Å². The molecule has 0 aliphatic heterocycles. The van der Waals surface area contributed by atoms with Gasteiger partial charge in [-0.1, -0.05) is 35.3 Å². The normalized spacial score (nSPS) is 10.9. The highest BCUT2D eigenvalue weighted by molar-refractivity contribution is 6.30. The van der Waals surface area contributed by atoms with Crippen molar-refractivity contribution in [1.82, 2.24) is 9.88 Å². The number of benzene rings is 3. The lowest BCUT2D eigenvalue weighted by atomic mass is 10.1. The van der Waals surface area contributed by atoms with Gasteiger partial charge in [-0.15, -0.1) is 0 Å². The number of fused-ring (bicyclic) bond motifs is 1. The lowest BCUT2D eigenvalue weighted by molar-refractivity contribution is -0.120. The first-order valence-electron chi connectivity index (χ1n) is 10.9. The second kappa shape index (κ2) is 10.3. The number of carbonyl (C=O) groups is 2. The minimum atomic E-state index is -0.182. The number of halogens is 2. The Balaban J connectivity index is 1.60. The summed E-state index contributed by atoms with van der Waals surface area (Å²) in [5.41, 5.74) is 3.84. The molecule has 3 aromatic carbocycles. The SMILES string of the molecule is COc1ccc2c(c1)c(CC(=O)NCCc1ccc(Cl)cc1)c(C)n2C(=O)c1ccc(Cl)cc1. The Labute approximate surface area is 208 Å². The fourth-order valence-corrected chi connectivity index (χ4v) is 4.27. The highest BCUT2D eigenvalue weighted by Crippen LogP contribution is 2.31. The molecule has 0 fully saturated rings. The molecule has 0 spiro atoms. The monoisotopic (exact) mass is 494 g/mol. The quantitative estimate of drug-likeness (QED) is 0.350. The van der Waals surface area contributed by atoms with E-state index in [9.17, 15) is 9.59 Å². The highest BCUT2D eigenvalue weighted by Gasteiger charge is 2.22. The molecular formula is C27H24Cl2N2O3. The van der Waals surface area contributed by atoms with Crippen LogP contribution in [0.5, 0.6) is 5.75 Å². The molecular weight excluding hydrogens is 471 g/mol. The lowest BCUT2D eigenvalue weighted by Crippen LogP contribution is -2.27. The Bertz CT molecular complexity index is 1340. The van der Waals surface area contributed by atoms with Gasteiger partial charge in [0.15, 0.2) is 0 Å². The summed E-state index contributed by atoms with van der Waals surface area (Å²) < 4.78 is 7.04. The molecule has 0 saturated carbocycles. The van der Waals surface area contributed by atoms with Gasteiger partial charge in [0.1, 0.15) is 5.75 Å². The van der Waals surface area contributed by atoms with Gasteiger partial charge in [-0.3, -0.25) is 14.2 Å². The number of amides is 1. The third-order valence-electron chi connectivity index (χ3n) is 5.82. The average molecular weight is 495 g/mol. The highest BCUT2D eigenvalue weighted by atomic mass is 35.5. The van der Waals surface area contributed by atoms with Gasteiger partial charge in [0.25, 0.3) is 5.91 Å². The van der Waals surface area contributed by atoms with E-state index in [1.165, 1.54) is 0 Å². The molecule has 4 rings (SSSR count). The first-order valence-corrected chi connectivity index (χ1v) is 11.6. The van der Waals surface area contributed by atoms with Crippen LogP contribution in [-0.2, 0) is 17.6 Å². The number of hydrogen-bond acceptors (Lipinski definition) is 3. The van der Waals surface area contributed by atoms with Gasteiger partial charge < -0.3 is 10.1 Å². The molecule has 174 valence electrons. The van der Waals surface area contributed by atoms with E-state index in [0.717, 1.165) is 27.7 Å². The van der Waals surface area contributed by atoms with Crippen molar-refractivity contribution in [3.63, 3.8) is 0 Å².